The van der Waals surface area contributed by atoms with Crippen molar-refractivity contribution in [1.29, 1.82) is 0 Å². The van der Waals surface area contributed by atoms with E-state index in [0.717, 1.165) is 11.3 Å². The highest BCUT2D eigenvalue weighted by Gasteiger charge is 2.09. The van der Waals surface area contributed by atoms with Gasteiger partial charge in [0.05, 0.1) is 25.4 Å². The number of hydrogen-bond donors (Lipinski definition) is 2. The molecule has 0 amide bonds. The largest absolute Gasteiger partial charge is 0.491 e. The van der Waals surface area contributed by atoms with Gasteiger partial charge in [-0.25, -0.2) is 0 Å². The zero-order valence-electron chi connectivity index (χ0n) is 10.4. The number of aliphatic hydroxyl groups excluding tert-OH is 1. The summed E-state index contributed by atoms with van der Waals surface area (Å²) in [6.45, 7) is 4.67. The van der Waals surface area contributed by atoms with E-state index in [4.69, 9.17) is 20.3 Å². The second-order valence-corrected chi connectivity index (χ2v) is 4.05. The molecule has 3 N–H and O–H groups in total. The van der Waals surface area contributed by atoms with Crippen LogP contribution in [0.1, 0.15) is 25.5 Å². The Morgan fingerprint density at radius 3 is 2.35 bits per heavy atom. The van der Waals surface area contributed by atoms with E-state index in [9.17, 15) is 0 Å². The SMILES string of the molecule is CC(C)Oc1ccc(C(CN)OCCO)cc1. The number of nitrogens with two attached hydrogens (primary N) is 1. The molecule has 0 spiro atoms. The fourth-order valence-corrected chi connectivity index (χ4v) is 1.53. The summed E-state index contributed by atoms with van der Waals surface area (Å²) >= 11 is 0. The fraction of sp³-hybridized carbons (Fsp3) is 0.538. The van der Waals surface area contributed by atoms with Crippen molar-refractivity contribution in [3.63, 3.8) is 0 Å². The molecule has 1 rings (SSSR count). The second-order valence-electron chi connectivity index (χ2n) is 4.05. The summed E-state index contributed by atoms with van der Waals surface area (Å²) in [7, 11) is 0. The van der Waals surface area contributed by atoms with Crippen LogP contribution < -0.4 is 10.5 Å². The Kier molecular flexibility index (Phi) is 5.97. The average molecular weight is 239 g/mol. The van der Waals surface area contributed by atoms with Gasteiger partial charge in [-0.2, -0.15) is 0 Å². The Balaban J connectivity index is 2.64. The van der Waals surface area contributed by atoms with E-state index in [1.165, 1.54) is 0 Å². The molecule has 0 aliphatic heterocycles. The maximum atomic E-state index is 8.71. The summed E-state index contributed by atoms with van der Waals surface area (Å²) in [6.07, 6.45) is -0.00737. The Labute approximate surface area is 102 Å². The quantitative estimate of drug-likeness (QED) is 0.756. The Hall–Kier alpha value is -1.10. The molecule has 1 aromatic carbocycles. The second kappa shape index (κ2) is 7.27. The van der Waals surface area contributed by atoms with Crippen LogP contribution >= 0.6 is 0 Å². The first-order valence-corrected chi connectivity index (χ1v) is 5.86. The molecule has 0 radical (unpaired) electrons. The number of benzene rings is 1. The first kappa shape index (κ1) is 14.0. The number of ether oxygens (including phenoxy) is 2. The molecule has 1 unspecified atom stereocenters. The van der Waals surface area contributed by atoms with Crippen molar-refractivity contribution in [1.82, 2.24) is 0 Å². The van der Waals surface area contributed by atoms with Gasteiger partial charge in [0, 0.05) is 6.54 Å². The molecule has 0 aliphatic carbocycles. The van der Waals surface area contributed by atoms with Gasteiger partial charge in [-0.3, -0.25) is 0 Å². The van der Waals surface area contributed by atoms with Gasteiger partial charge < -0.3 is 20.3 Å². The topological polar surface area (TPSA) is 64.7 Å². The zero-order valence-corrected chi connectivity index (χ0v) is 10.4. The van der Waals surface area contributed by atoms with Crippen molar-refractivity contribution in [3.05, 3.63) is 29.8 Å². The lowest BCUT2D eigenvalue weighted by Gasteiger charge is -2.16. The van der Waals surface area contributed by atoms with Gasteiger partial charge in [-0.05, 0) is 31.5 Å². The molecule has 0 aliphatic rings. The van der Waals surface area contributed by atoms with E-state index in [1.54, 1.807) is 0 Å². The van der Waals surface area contributed by atoms with Crippen molar-refractivity contribution < 1.29 is 14.6 Å². The van der Waals surface area contributed by atoms with Crippen LogP contribution in [0.25, 0.3) is 0 Å². The first-order chi connectivity index (χ1) is 8.17. The monoisotopic (exact) mass is 239 g/mol. The average Bonchev–Trinajstić information content (AvgIpc) is 2.31. The summed E-state index contributed by atoms with van der Waals surface area (Å²) in [4.78, 5) is 0. The normalized spacial score (nSPS) is 12.8. The highest BCUT2D eigenvalue weighted by molar-refractivity contribution is 5.28. The van der Waals surface area contributed by atoms with Crippen molar-refractivity contribution in [3.8, 4) is 5.75 Å². The van der Waals surface area contributed by atoms with E-state index in [0.29, 0.717) is 13.2 Å². The Morgan fingerprint density at radius 1 is 1.24 bits per heavy atom. The third-order valence-electron chi connectivity index (χ3n) is 2.25. The molecule has 1 aromatic rings. The smallest absolute Gasteiger partial charge is 0.119 e. The minimum Gasteiger partial charge on any atom is -0.491 e. The van der Waals surface area contributed by atoms with Gasteiger partial charge >= 0.3 is 0 Å². The number of aliphatic hydroxyl groups is 1. The van der Waals surface area contributed by atoms with Crippen LogP contribution in [-0.4, -0.2) is 31.0 Å². The van der Waals surface area contributed by atoms with Gasteiger partial charge in [0.1, 0.15) is 5.75 Å². The molecule has 4 heteroatoms. The van der Waals surface area contributed by atoms with Gasteiger partial charge in [-0.15, -0.1) is 0 Å². The van der Waals surface area contributed by atoms with Crippen LogP contribution in [0.2, 0.25) is 0 Å². The zero-order chi connectivity index (χ0) is 12.7. The maximum Gasteiger partial charge on any atom is 0.119 e. The van der Waals surface area contributed by atoms with Gasteiger partial charge in [0.2, 0.25) is 0 Å². The Bertz CT molecular complexity index is 311. The highest BCUT2D eigenvalue weighted by Crippen LogP contribution is 2.20. The van der Waals surface area contributed by atoms with Crippen LogP contribution in [0.3, 0.4) is 0 Å². The van der Waals surface area contributed by atoms with Crippen molar-refractivity contribution >= 4 is 0 Å². The lowest BCUT2D eigenvalue weighted by molar-refractivity contribution is 0.0328. The first-order valence-electron chi connectivity index (χ1n) is 5.86. The molecule has 0 bridgehead atoms. The van der Waals surface area contributed by atoms with E-state index in [-0.39, 0.29) is 18.8 Å². The predicted molar refractivity (Wildman–Crippen MR) is 67.0 cm³/mol. The van der Waals surface area contributed by atoms with Gasteiger partial charge in [-0.1, -0.05) is 12.1 Å². The molecule has 0 saturated carbocycles. The van der Waals surface area contributed by atoms with Gasteiger partial charge in [0.15, 0.2) is 0 Å². The summed E-state index contributed by atoms with van der Waals surface area (Å²) in [6, 6.07) is 7.68. The number of rotatable bonds is 7. The lowest BCUT2D eigenvalue weighted by Crippen LogP contribution is -2.17. The van der Waals surface area contributed by atoms with E-state index in [2.05, 4.69) is 0 Å². The molecule has 4 nitrogen and oxygen atoms in total. The summed E-state index contributed by atoms with van der Waals surface area (Å²) < 4.78 is 11.0. The van der Waals surface area contributed by atoms with Crippen molar-refractivity contribution in [2.45, 2.75) is 26.1 Å². The van der Waals surface area contributed by atoms with Crippen molar-refractivity contribution in [2.24, 2.45) is 5.73 Å². The molecular formula is C13H21NO3. The van der Waals surface area contributed by atoms with Crippen LogP contribution in [-0.2, 0) is 4.74 Å². The summed E-state index contributed by atoms with van der Waals surface area (Å²) in [5, 5.41) is 8.71. The van der Waals surface area contributed by atoms with Crippen LogP contribution in [0.5, 0.6) is 5.75 Å². The molecular weight excluding hydrogens is 218 g/mol. The third-order valence-corrected chi connectivity index (χ3v) is 2.25. The van der Waals surface area contributed by atoms with Crippen molar-refractivity contribution in [2.75, 3.05) is 19.8 Å². The van der Waals surface area contributed by atoms with Crippen LogP contribution in [0.15, 0.2) is 24.3 Å². The predicted octanol–water partition coefficient (Wildman–Crippen LogP) is 1.48. The molecule has 0 heterocycles. The van der Waals surface area contributed by atoms with Crippen LogP contribution in [0, 0.1) is 0 Å². The minimum atomic E-state index is -0.171. The molecule has 1 atom stereocenters. The molecule has 0 aromatic heterocycles. The maximum absolute atomic E-state index is 8.71. The number of hydrogen-bond acceptors (Lipinski definition) is 4. The highest BCUT2D eigenvalue weighted by atomic mass is 16.5. The van der Waals surface area contributed by atoms with Gasteiger partial charge in [0.25, 0.3) is 0 Å². The van der Waals surface area contributed by atoms with E-state index in [1.807, 2.05) is 38.1 Å². The van der Waals surface area contributed by atoms with E-state index >= 15 is 0 Å². The molecule has 0 fully saturated rings. The summed E-state index contributed by atoms with van der Waals surface area (Å²) in [5.74, 6) is 0.835. The standard InChI is InChI=1S/C13H21NO3/c1-10(2)17-12-5-3-11(4-6-12)13(9-14)16-8-7-15/h3-6,10,13,15H,7-9,14H2,1-2H3. The van der Waals surface area contributed by atoms with Crippen LogP contribution in [0.4, 0.5) is 0 Å². The summed E-state index contributed by atoms with van der Waals surface area (Å²) in [5.41, 5.74) is 6.62. The lowest BCUT2D eigenvalue weighted by atomic mass is 10.1. The third kappa shape index (κ3) is 4.73. The molecule has 96 valence electrons. The fourth-order valence-electron chi connectivity index (χ4n) is 1.53. The minimum absolute atomic E-state index is 0.00500. The Morgan fingerprint density at radius 2 is 1.88 bits per heavy atom. The van der Waals surface area contributed by atoms with E-state index < -0.39 is 0 Å². The molecule has 0 saturated heterocycles. The molecule has 17 heavy (non-hydrogen) atoms.